The average molecular weight is 443 g/mol. The van der Waals surface area contributed by atoms with Gasteiger partial charge in [0.25, 0.3) is 0 Å². The van der Waals surface area contributed by atoms with Gasteiger partial charge in [-0.05, 0) is 36.5 Å². The van der Waals surface area contributed by atoms with Crippen LogP contribution >= 0.6 is 0 Å². The van der Waals surface area contributed by atoms with E-state index in [4.69, 9.17) is 16.6 Å². The number of nitrogens with two attached hydrogens (primary N) is 1. The van der Waals surface area contributed by atoms with Gasteiger partial charge in [0, 0.05) is 30.5 Å². The van der Waals surface area contributed by atoms with E-state index in [0.717, 1.165) is 37.2 Å². The number of alkyl halides is 3. The number of likely N-dealkylation sites (N-methyl/N-ethyl adjacent to an activating group) is 1. The van der Waals surface area contributed by atoms with E-state index in [1.165, 1.54) is 4.90 Å². The van der Waals surface area contributed by atoms with Crippen LogP contribution in [0, 0.1) is 16.7 Å². The molecule has 1 unspecified atom stereocenters. The lowest BCUT2D eigenvalue weighted by Gasteiger charge is -2.36. The predicted octanol–water partition coefficient (Wildman–Crippen LogP) is 4.50. The van der Waals surface area contributed by atoms with Crippen LogP contribution in [0.2, 0.25) is 0 Å². The second kappa shape index (κ2) is 8.34. The molecule has 1 aromatic carbocycles. The number of fused-ring (bicyclic) bond motifs is 1. The van der Waals surface area contributed by atoms with E-state index in [9.17, 15) is 13.2 Å². The molecule has 1 atom stereocenters. The van der Waals surface area contributed by atoms with Gasteiger partial charge in [0.15, 0.2) is 0 Å². The fourth-order valence-electron chi connectivity index (χ4n) is 4.19. The molecule has 10 heteroatoms. The van der Waals surface area contributed by atoms with E-state index in [1.807, 2.05) is 18.2 Å². The Hall–Kier alpha value is -3.27. The third-order valence-corrected chi connectivity index (χ3v) is 6.12. The van der Waals surface area contributed by atoms with Crippen LogP contribution in [0.4, 0.5) is 13.2 Å². The molecule has 32 heavy (non-hydrogen) atoms. The molecule has 7 nitrogen and oxygen atoms in total. The van der Waals surface area contributed by atoms with Gasteiger partial charge < -0.3 is 10.6 Å². The number of halogens is 3. The Morgan fingerprint density at radius 2 is 2.09 bits per heavy atom. The van der Waals surface area contributed by atoms with Crippen LogP contribution in [-0.2, 0) is 12.7 Å². The molecule has 0 saturated heterocycles. The van der Waals surface area contributed by atoms with Gasteiger partial charge in [-0.1, -0.05) is 24.6 Å². The molecule has 4 rings (SSSR count). The van der Waals surface area contributed by atoms with E-state index < -0.39 is 11.9 Å². The topological polar surface area (TPSA) is 119 Å². The molecule has 0 spiro atoms. The monoisotopic (exact) mass is 443 g/mol. The lowest BCUT2D eigenvalue weighted by atomic mass is 9.72. The molecule has 168 valence electrons. The Balaban J connectivity index is 1.82. The minimum atomic E-state index is -4.60. The zero-order chi connectivity index (χ0) is 23.0. The maximum atomic E-state index is 13.4. The summed E-state index contributed by atoms with van der Waals surface area (Å²) in [4.78, 5) is 5.14. The molecule has 0 bridgehead atoms. The van der Waals surface area contributed by atoms with Crippen molar-refractivity contribution in [1.82, 2.24) is 20.1 Å². The fraction of sp³-hybridized carbons (Fsp3) is 0.364. The van der Waals surface area contributed by atoms with Crippen LogP contribution in [0.1, 0.15) is 42.1 Å². The van der Waals surface area contributed by atoms with Crippen molar-refractivity contribution in [3.8, 4) is 11.3 Å². The number of amidine groups is 1. The summed E-state index contributed by atoms with van der Waals surface area (Å²) < 4.78 is 40.2. The Morgan fingerprint density at radius 3 is 2.69 bits per heavy atom. The molecule has 5 N–H and O–H groups in total. The maximum Gasteiger partial charge on any atom is 0.433 e. The summed E-state index contributed by atoms with van der Waals surface area (Å²) in [5, 5.41) is 23.5. The predicted molar refractivity (Wildman–Crippen MR) is 117 cm³/mol. The highest BCUT2D eigenvalue weighted by Gasteiger charge is 2.35. The van der Waals surface area contributed by atoms with Crippen molar-refractivity contribution >= 4 is 23.1 Å². The number of rotatable bonds is 6. The molecule has 2 heterocycles. The fourth-order valence-corrected chi connectivity index (χ4v) is 4.19. The first-order valence-corrected chi connectivity index (χ1v) is 10.3. The van der Waals surface area contributed by atoms with Crippen LogP contribution in [-0.4, -0.2) is 39.3 Å². The minimum absolute atomic E-state index is 0.103. The summed E-state index contributed by atoms with van der Waals surface area (Å²) in [6.45, 7) is -0.154. The molecule has 2 aromatic heterocycles. The maximum absolute atomic E-state index is 13.4. The van der Waals surface area contributed by atoms with Crippen molar-refractivity contribution in [3.63, 3.8) is 0 Å². The molecule has 1 saturated carbocycles. The summed E-state index contributed by atoms with van der Waals surface area (Å²) in [6.07, 6.45) is -0.402. The first-order valence-electron chi connectivity index (χ1n) is 10.3. The highest BCUT2D eigenvalue weighted by atomic mass is 19.4. The lowest BCUT2D eigenvalue weighted by molar-refractivity contribution is -0.141. The summed E-state index contributed by atoms with van der Waals surface area (Å²) in [5.41, 5.74) is 7.03. The number of aromatic nitrogens is 3. The first-order chi connectivity index (χ1) is 15.2. The Morgan fingerprint density at radius 1 is 1.34 bits per heavy atom. The third-order valence-electron chi connectivity index (χ3n) is 6.12. The molecule has 1 aliphatic rings. The Labute approximate surface area is 182 Å². The average Bonchev–Trinajstić information content (AvgIpc) is 3.18. The van der Waals surface area contributed by atoms with E-state index in [-0.39, 0.29) is 18.2 Å². The molecule has 0 aliphatic heterocycles. The smallest absolute Gasteiger partial charge is 0.325 e. The van der Waals surface area contributed by atoms with Crippen LogP contribution in [0.15, 0.2) is 30.3 Å². The van der Waals surface area contributed by atoms with Crippen LogP contribution < -0.4 is 5.73 Å². The van der Waals surface area contributed by atoms with E-state index in [2.05, 4.69) is 15.2 Å². The number of hydrogen-bond donors (Lipinski definition) is 4. The molecular formula is C22H24F3N7. The SMILES string of the molecule is CN(C=N)C(=N)C(c1cccc(-c2n[nH]c3c(CN)nc(C(F)(F)F)cc23)c1)C1CCC1. The van der Waals surface area contributed by atoms with Gasteiger partial charge in [0.05, 0.1) is 17.5 Å². The molecular weight excluding hydrogens is 419 g/mol. The van der Waals surface area contributed by atoms with Crippen molar-refractivity contribution in [2.45, 2.75) is 37.9 Å². The molecule has 1 fully saturated rings. The summed E-state index contributed by atoms with van der Waals surface area (Å²) in [7, 11) is 1.67. The zero-order valence-electron chi connectivity index (χ0n) is 17.5. The van der Waals surface area contributed by atoms with Gasteiger partial charge in [0.1, 0.15) is 17.2 Å². The minimum Gasteiger partial charge on any atom is -0.325 e. The summed E-state index contributed by atoms with van der Waals surface area (Å²) in [5.74, 6) is 0.413. The van der Waals surface area contributed by atoms with Crippen LogP contribution in [0.3, 0.4) is 0 Å². The second-order valence-corrected chi connectivity index (χ2v) is 8.07. The number of aromatic amines is 1. The van der Waals surface area contributed by atoms with Gasteiger partial charge >= 0.3 is 6.18 Å². The number of nitrogens with zero attached hydrogens (tertiary/aromatic N) is 3. The number of H-pyrrole nitrogens is 1. The van der Waals surface area contributed by atoms with Crippen molar-refractivity contribution in [1.29, 1.82) is 10.8 Å². The molecule has 1 aliphatic carbocycles. The van der Waals surface area contributed by atoms with Gasteiger partial charge in [-0.15, -0.1) is 0 Å². The second-order valence-electron chi connectivity index (χ2n) is 8.07. The van der Waals surface area contributed by atoms with E-state index in [0.29, 0.717) is 33.9 Å². The Bertz CT molecular complexity index is 1160. The van der Waals surface area contributed by atoms with Gasteiger partial charge in [-0.2, -0.15) is 18.3 Å². The normalized spacial score (nSPS) is 15.4. The summed E-state index contributed by atoms with van der Waals surface area (Å²) >= 11 is 0. The largest absolute Gasteiger partial charge is 0.433 e. The van der Waals surface area contributed by atoms with Crippen LogP contribution in [0.5, 0.6) is 0 Å². The molecule has 0 radical (unpaired) electrons. The van der Waals surface area contributed by atoms with Gasteiger partial charge in [-0.25, -0.2) is 4.98 Å². The summed E-state index contributed by atoms with van der Waals surface area (Å²) in [6, 6.07) is 8.40. The van der Waals surface area contributed by atoms with E-state index >= 15 is 0 Å². The molecule has 0 amide bonds. The lowest BCUT2D eigenvalue weighted by Crippen LogP contribution is -2.36. The van der Waals surface area contributed by atoms with Crippen molar-refractivity contribution in [2.24, 2.45) is 11.7 Å². The zero-order valence-corrected chi connectivity index (χ0v) is 17.5. The first kappa shape index (κ1) is 21.9. The van der Waals surface area contributed by atoms with Crippen LogP contribution in [0.25, 0.3) is 22.2 Å². The number of nitrogens with one attached hydrogen (secondary N) is 3. The van der Waals surface area contributed by atoms with Gasteiger partial charge in [0.2, 0.25) is 0 Å². The van der Waals surface area contributed by atoms with Crippen molar-refractivity contribution < 1.29 is 13.2 Å². The van der Waals surface area contributed by atoms with Gasteiger partial charge in [-0.3, -0.25) is 15.9 Å². The Kier molecular flexibility index (Phi) is 5.72. The molecule has 3 aromatic rings. The standard InChI is InChI=1S/C22H24F3N7/c1-32(11-27)21(28)18(12-4-2-5-12)13-6-3-7-14(8-13)19-15-9-17(22(23,24)25)29-16(10-26)20(15)31-30-19/h3,6-9,11-12,18,27-28H,2,4-5,10,26H2,1H3,(H,30,31). The van der Waals surface area contributed by atoms with Crippen molar-refractivity contribution in [3.05, 3.63) is 47.3 Å². The highest BCUT2D eigenvalue weighted by molar-refractivity contribution is 5.96. The quantitative estimate of drug-likeness (QED) is 0.331. The number of benzene rings is 1. The number of pyridine rings is 1. The van der Waals surface area contributed by atoms with E-state index in [1.54, 1.807) is 13.1 Å². The number of hydrogen-bond acceptors (Lipinski definition) is 5. The third kappa shape index (κ3) is 3.86. The highest BCUT2D eigenvalue weighted by Crippen LogP contribution is 2.42. The van der Waals surface area contributed by atoms with Crippen molar-refractivity contribution in [2.75, 3.05) is 7.05 Å².